The lowest BCUT2D eigenvalue weighted by atomic mass is 10.1. The fraction of sp³-hybridized carbons (Fsp3) is 0.412. The number of nitrogens with zero attached hydrogens (tertiary/aromatic N) is 1. The zero-order valence-corrected chi connectivity index (χ0v) is 11.7. The molecule has 1 unspecified atom stereocenters. The van der Waals surface area contributed by atoms with E-state index in [4.69, 9.17) is 4.74 Å². The maximum atomic E-state index is 5.20. The average molecular weight is 255 g/mol. The molecular weight excluding hydrogens is 234 g/mol. The summed E-state index contributed by atoms with van der Waals surface area (Å²) >= 11 is 0. The lowest BCUT2D eigenvalue weighted by Gasteiger charge is -2.23. The zero-order chi connectivity index (χ0) is 13.7. The Bertz CT molecular complexity index is 476. The SMILES string of the molecule is C=CCN(C)C(C#CC1CC1)c1ccc(OC)cc1. The van der Waals surface area contributed by atoms with E-state index < -0.39 is 0 Å². The van der Waals surface area contributed by atoms with Gasteiger partial charge >= 0.3 is 0 Å². The van der Waals surface area contributed by atoms with Crippen molar-refractivity contribution in [2.45, 2.75) is 18.9 Å². The summed E-state index contributed by atoms with van der Waals surface area (Å²) in [5, 5.41) is 0. The first-order valence-electron chi connectivity index (χ1n) is 6.70. The molecule has 0 radical (unpaired) electrons. The van der Waals surface area contributed by atoms with Crippen molar-refractivity contribution in [1.29, 1.82) is 0 Å². The molecule has 0 saturated heterocycles. The summed E-state index contributed by atoms with van der Waals surface area (Å²) in [6.07, 6.45) is 4.43. The number of hydrogen-bond donors (Lipinski definition) is 0. The summed E-state index contributed by atoms with van der Waals surface area (Å²) in [6, 6.07) is 8.28. The van der Waals surface area contributed by atoms with E-state index in [1.165, 1.54) is 18.4 Å². The van der Waals surface area contributed by atoms with E-state index in [9.17, 15) is 0 Å². The third-order valence-corrected chi connectivity index (χ3v) is 3.29. The average Bonchev–Trinajstić information content (AvgIpc) is 3.24. The Hall–Kier alpha value is -1.72. The van der Waals surface area contributed by atoms with Gasteiger partial charge in [-0.15, -0.1) is 6.58 Å². The second-order valence-electron chi connectivity index (χ2n) is 4.97. The van der Waals surface area contributed by atoms with Crippen LogP contribution in [0.3, 0.4) is 0 Å². The number of methoxy groups -OCH3 is 1. The standard InChI is InChI=1S/C17H21NO/c1-4-13-18(2)17(12-7-14-5-6-14)15-8-10-16(19-3)11-9-15/h4,8-11,14,17H,1,5-6,13H2,2-3H3. The highest BCUT2D eigenvalue weighted by molar-refractivity contribution is 5.33. The molecule has 100 valence electrons. The molecule has 1 atom stereocenters. The van der Waals surface area contributed by atoms with E-state index in [1.807, 2.05) is 18.2 Å². The molecule has 0 N–H and O–H groups in total. The van der Waals surface area contributed by atoms with Crippen molar-refractivity contribution in [1.82, 2.24) is 4.90 Å². The van der Waals surface area contributed by atoms with Crippen LogP contribution in [0.4, 0.5) is 0 Å². The Kier molecular flexibility index (Phi) is 4.65. The summed E-state index contributed by atoms with van der Waals surface area (Å²) in [7, 11) is 3.77. The van der Waals surface area contributed by atoms with Crippen molar-refractivity contribution >= 4 is 0 Å². The number of rotatable bonds is 5. The molecule has 0 bridgehead atoms. The van der Waals surface area contributed by atoms with Crippen molar-refractivity contribution in [2.75, 3.05) is 20.7 Å². The topological polar surface area (TPSA) is 12.5 Å². The lowest BCUT2D eigenvalue weighted by molar-refractivity contribution is 0.325. The monoisotopic (exact) mass is 255 g/mol. The second kappa shape index (κ2) is 6.45. The molecule has 1 aromatic rings. The van der Waals surface area contributed by atoms with Crippen LogP contribution in [0.25, 0.3) is 0 Å². The van der Waals surface area contributed by atoms with Crippen LogP contribution in [0.15, 0.2) is 36.9 Å². The number of ether oxygens (including phenoxy) is 1. The van der Waals surface area contributed by atoms with E-state index >= 15 is 0 Å². The van der Waals surface area contributed by atoms with Gasteiger partial charge in [-0.1, -0.05) is 30.0 Å². The first kappa shape index (κ1) is 13.7. The van der Waals surface area contributed by atoms with Crippen molar-refractivity contribution in [2.24, 2.45) is 5.92 Å². The van der Waals surface area contributed by atoms with E-state index in [2.05, 4.69) is 42.5 Å². The summed E-state index contributed by atoms with van der Waals surface area (Å²) in [6.45, 7) is 4.63. The first-order valence-corrected chi connectivity index (χ1v) is 6.70. The molecule has 0 amide bonds. The molecule has 1 aliphatic rings. The van der Waals surface area contributed by atoms with Gasteiger partial charge in [0.2, 0.25) is 0 Å². The molecule has 1 saturated carbocycles. The maximum Gasteiger partial charge on any atom is 0.118 e. The maximum absolute atomic E-state index is 5.20. The van der Waals surface area contributed by atoms with Gasteiger partial charge in [-0.25, -0.2) is 0 Å². The Morgan fingerprint density at radius 3 is 2.63 bits per heavy atom. The van der Waals surface area contributed by atoms with Crippen molar-refractivity contribution in [3.63, 3.8) is 0 Å². The van der Waals surface area contributed by atoms with Crippen LogP contribution in [-0.2, 0) is 0 Å². The molecule has 1 aliphatic carbocycles. The van der Waals surface area contributed by atoms with Gasteiger partial charge in [-0.3, -0.25) is 4.90 Å². The summed E-state index contributed by atoms with van der Waals surface area (Å²) in [5.74, 6) is 8.27. The highest BCUT2D eigenvalue weighted by atomic mass is 16.5. The van der Waals surface area contributed by atoms with Gasteiger partial charge in [0.15, 0.2) is 0 Å². The van der Waals surface area contributed by atoms with Crippen LogP contribution in [0.2, 0.25) is 0 Å². The van der Waals surface area contributed by atoms with Crippen LogP contribution >= 0.6 is 0 Å². The van der Waals surface area contributed by atoms with E-state index in [-0.39, 0.29) is 6.04 Å². The van der Waals surface area contributed by atoms with Gasteiger partial charge in [0.1, 0.15) is 5.75 Å². The third kappa shape index (κ3) is 3.87. The smallest absolute Gasteiger partial charge is 0.118 e. The molecule has 0 spiro atoms. The van der Waals surface area contributed by atoms with E-state index in [0.29, 0.717) is 5.92 Å². The minimum Gasteiger partial charge on any atom is -0.497 e. The van der Waals surface area contributed by atoms with Gasteiger partial charge in [-0.2, -0.15) is 0 Å². The number of hydrogen-bond acceptors (Lipinski definition) is 2. The molecular formula is C17H21NO. The van der Waals surface area contributed by atoms with E-state index in [0.717, 1.165) is 12.3 Å². The molecule has 1 aromatic carbocycles. The number of likely N-dealkylation sites (N-methyl/N-ethyl adjacent to an activating group) is 1. The molecule has 2 heteroatoms. The minimum atomic E-state index is 0.129. The Morgan fingerprint density at radius 2 is 2.11 bits per heavy atom. The van der Waals surface area contributed by atoms with Crippen molar-refractivity contribution < 1.29 is 4.74 Å². The van der Waals surface area contributed by atoms with Crippen LogP contribution in [0.1, 0.15) is 24.4 Å². The molecule has 1 fully saturated rings. The first-order chi connectivity index (χ1) is 9.24. The molecule has 0 heterocycles. The largest absolute Gasteiger partial charge is 0.497 e. The van der Waals surface area contributed by atoms with Crippen LogP contribution in [-0.4, -0.2) is 25.6 Å². The highest BCUT2D eigenvalue weighted by Gasteiger charge is 2.19. The molecule has 2 nitrogen and oxygen atoms in total. The van der Waals surface area contributed by atoms with E-state index in [1.54, 1.807) is 7.11 Å². The van der Waals surface area contributed by atoms with Gasteiger partial charge < -0.3 is 4.74 Å². The van der Waals surface area contributed by atoms with Crippen molar-refractivity contribution in [3.05, 3.63) is 42.5 Å². The number of benzene rings is 1. The third-order valence-electron chi connectivity index (χ3n) is 3.29. The predicted octanol–water partition coefficient (Wildman–Crippen LogP) is 3.27. The van der Waals surface area contributed by atoms with Gasteiger partial charge in [0, 0.05) is 12.5 Å². The van der Waals surface area contributed by atoms with Gasteiger partial charge in [0.25, 0.3) is 0 Å². The van der Waals surface area contributed by atoms with Crippen LogP contribution < -0.4 is 4.74 Å². The minimum absolute atomic E-state index is 0.129. The Balaban J connectivity index is 2.19. The Labute approximate surface area is 116 Å². The van der Waals surface area contributed by atoms with Crippen molar-refractivity contribution in [3.8, 4) is 17.6 Å². The molecule has 0 aliphatic heterocycles. The summed E-state index contributed by atoms with van der Waals surface area (Å²) in [4.78, 5) is 2.21. The zero-order valence-electron chi connectivity index (χ0n) is 11.7. The fourth-order valence-corrected chi connectivity index (χ4v) is 1.97. The molecule has 0 aromatic heterocycles. The fourth-order valence-electron chi connectivity index (χ4n) is 1.97. The van der Waals surface area contributed by atoms with Crippen LogP contribution in [0.5, 0.6) is 5.75 Å². The normalized spacial score (nSPS) is 15.5. The summed E-state index contributed by atoms with van der Waals surface area (Å²) in [5.41, 5.74) is 1.21. The predicted molar refractivity (Wildman–Crippen MR) is 79.1 cm³/mol. The quantitative estimate of drug-likeness (QED) is 0.591. The Morgan fingerprint density at radius 1 is 1.42 bits per heavy atom. The summed E-state index contributed by atoms with van der Waals surface area (Å²) < 4.78 is 5.20. The highest BCUT2D eigenvalue weighted by Crippen LogP contribution is 2.29. The van der Waals surface area contributed by atoms with Gasteiger partial charge in [-0.05, 0) is 37.6 Å². The molecule has 2 rings (SSSR count). The van der Waals surface area contributed by atoms with Crippen LogP contribution in [0, 0.1) is 17.8 Å². The van der Waals surface area contributed by atoms with Gasteiger partial charge in [0.05, 0.1) is 13.2 Å². The second-order valence-corrected chi connectivity index (χ2v) is 4.97. The lowest BCUT2D eigenvalue weighted by Crippen LogP contribution is -2.23. The molecule has 19 heavy (non-hydrogen) atoms.